The highest BCUT2D eigenvalue weighted by Gasteiger charge is 2.23. The maximum Gasteiger partial charge on any atom is 0.387 e. The smallest absolute Gasteiger partial charge is 0.387 e. The van der Waals surface area contributed by atoms with Gasteiger partial charge in [-0.05, 0) is 6.07 Å². The zero-order valence-corrected chi connectivity index (χ0v) is 8.28. The van der Waals surface area contributed by atoms with Crippen LogP contribution in [0.15, 0.2) is 12.1 Å². The minimum absolute atomic E-state index is 0.115. The van der Waals surface area contributed by atoms with Gasteiger partial charge in [0, 0.05) is 11.1 Å². The summed E-state index contributed by atoms with van der Waals surface area (Å²) in [6.45, 7) is -3.27. The molecule has 1 rings (SSSR count). The molecule has 0 atom stereocenters. The van der Waals surface area contributed by atoms with Crippen LogP contribution >= 0.6 is 11.6 Å². The number of nitro benzene ring substituents is 1. The van der Waals surface area contributed by atoms with E-state index < -0.39 is 28.5 Å². The summed E-state index contributed by atoms with van der Waals surface area (Å²) in [6.07, 6.45) is 0.149. The van der Waals surface area contributed by atoms with Gasteiger partial charge in [-0.3, -0.25) is 14.9 Å². The van der Waals surface area contributed by atoms with E-state index in [4.69, 9.17) is 11.6 Å². The largest absolute Gasteiger partial charge is 0.427 e. The number of nitro groups is 1. The molecule has 0 saturated heterocycles. The van der Waals surface area contributed by atoms with Gasteiger partial charge >= 0.3 is 12.3 Å². The molecule has 0 bridgehead atoms. The molecule has 0 unspecified atom stereocenters. The van der Waals surface area contributed by atoms with E-state index in [9.17, 15) is 23.7 Å². The molecule has 0 aliphatic rings. The van der Waals surface area contributed by atoms with E-state index in [1.165, 1.54) is 0 Å². The van der Waals surface area contributed by atoms with Gasteiger partial charge in [-0.2, -0.15) is 8.78 Å². The number of halogens is 3. The third-order valence-electron chi connectivity index (χ3n) is 1.59. The summed E-state index contributed by atoms with van der Waals surface area (Å²) in [5, 5.41) is 10.4. The molecule has 0 heterocycles. The van der Waals surface area contributed by atoms with Crippen LogP contribution < -0.4 is 4.74 Å². The summed E-state index contributed by atoms with van der Waals surface area (Å²) in [4.78, 5) is 20.1. The molecule has 86 valence electrons. The molecular weight excluding hydrogens is 248 g/mol. The summed E-state index contributed by atoms with van der Waals surface area (Å²) in [7, 11) is 0. The fourth-order valence-corrected chi connectivity index (χ4v) is 1.26. The van der Waals surface area contributed by atoms with E-state index in [1.54, 1.807) is 0 Å². The third-order valence-corrected chi connectivity index (χ3v) is 1.81. The maximum absolute atomic E-state index is 12.0. The summed E-state index contributed by atoms with van der Waals surface area (Å²) < 4.78 is 27.9. The minimum atomic E-state index is -3.27. The topological polar surface area (TPSA) is 69.4 Å². The number of benzene rings is 1. The molecule has 0 aliphatic heterocycles. The summed E-state index contributed by atoms with van der Waals surface area (Å²) in [5.41, 5.74) is -1.19. The average molecular weight is 252 g/mol. The Morgan fingerprint density at radius 3 is 2.56 bits per heavy atom. The van der Waals surface area contributed by atoms with Crippen molar-refractivity contribution in [3.05, 3.63) is 32.8 Å². The number of carbonyl (C=O) groups is 1. The molecule has 8 heteroatoms. The van der Waals surface area contributed by atoms with Gasteiger partial charge in [-0.15, -0.1) is 0 Å². The number of rotatable bonds is 4. The van der Waals surface area contributed by atoms with Gasteiger partial charge < -0.3 is 4.74 Å². The molecule has 0 N–H and O–H groups in total. The highest BCUT2D eigenvalue weighted by molar-refractivity contribution is 6.31. The lowest BCUT2D eigenvalue weighted by atomic mass is 10.2. The first-order valence-electron chi connectivity index (χ1n) is 3.83. The molecule has 0 aliphatic carbocycles. The predicted octanol–water partition coefficient (Wildman–Crippen LogP) is 2.66. The highest BCUT2D eigenvalue weighted by atomic mass is 35.5. The average Bonchev–Trinajstić information content (AvgIpc) is 2.19. The molecule has 1 aromatic carbocycles. The van der Waals surface area contributed by atoms with Gasteiger partial charge in [-0.25, -0.2) is 0 Å². The van der Waals surface area contributed by atoms with Crippen LogP contribution in [-0.4, -0.2) is 17.8 Å². The molecule has 0 saturated carbocycles. The van der Waals surface area contributed by atoms with Crippen molar-refractivity contribution in [1.29, 1.82) is 0 Å². The van der Waals surface area contributed by atoms with Gasteiger partial charge in [0.05, 0.1) is 10.5 Å². The van der Waals surface area contributed by atoms with E-state index in [-0.39, 0.29) is 11.3 Å². The Hall–Kier alpha value is -1.76. The van der Waals surface area contributed by atoms with Gasteiger partial charge in [0.2, 0.25) is 5.75 Å². The van der Waals surface area contributed by atoms with Crippen LogP contribution in [0.5, 0.6) is 5.75 Å². The normalized spacial score (nSPS) is 10.2. The van der Waals surface area contributed by atoms with Crippen molar-refractivity contribution in [3.8, 4) is 5.75 Å². The fraction of sp³-hybridized carbons (Fsp3) is 0.125. The van der Waals surface area contributed by atoms with Crippen molar-refractivity contribution < 1.29 is 23.2 Å². The number of ether oxygens (including phenoxy) is 1. The molecule has 0 aromatic heterocycles. The zero-order valence-electron chi connectivity index (χ0n) is 7.52. The Morgan fingerprint density at radius 2 is 2.12 bits per heavy atom. The number of carbonyl (C=O) groups excluding carboxylic acids is 1. The van der Waals surface area contributed by atoms with Gasteiger partial charge in [0.15, 0.2) is 6.29 Å². The van der Waals surface area contributed by atoms with E-state index in [0.29, 0.717) is 0 Å². The monoisotopic (exact) mass is 251 g/mol. The SMILES string of the molecule is O=Cc1cc(Cl)cc([N+](=O)[O-])c1OC(F)F. The standard InChI is InChI=1S/C8H4ClF2NO4/c9-5-1-4(3-13)7(16-8(10)11)6(2-5)12(14)15/h1-3,8H. The lowest BCUT2D eigenvalue weighted by Gasteiger charge is -2.07. The van der Waals surface area contributed by atoms with Crippen LogP contribution in [0.25, 0.3) is 0 Å². The predicted molar refractivity (Wildman–Crippen MR) is 50.1 cm³/mol. The molecule has 0 fully saturated rings. The Morgan fingerprint density at radius 1 is 1.50 bits per heavy atom. The second-order valence-electron chi connectivity index (χ2n) is 2.60. The lowest BCUT2D eigenvalue weighted by Crippen LogP contribution is -2.07. The Balaban J connectivity index is 3.38. The molecule has 1 aromatic rings. The first-order chi connectivity index (χ1) is 7.45. The van der Waals surface area contributed by atoms with Crippen LogP contribution in [-0.2, 0) is 0 Å². The number of hydrogen-bond acceptors (Lipinski definition) is 4. The van der Waals surface area contributed by atoms with Crippen molar-refractivity contribution in [2.75, 3.05) is 0 Å². The van der Waals surface area contributed by atoms with E-state index >= 15 is 0 Å². The molecule has 0 amide bonds. The molecule has 0 radical (unpaired) electrons. The van der Waals surface area contributed by atoms with Crippen molar-refractivity contribution in [2.24, 2.45) is 0 Å². The maximum atomic E-state index is 12.0. The highest BCUT2D eigenvalue weighted by Crippen LogP contribution is 2.34. The first-order valence-corrected chi connectivity index (χ1v) is 4.21. The number of hydrogen-bond donors (Lipinski definition) is 0. The summed E-state index contributed by atoms with van der Waals surface area (Å²) in [5.74, 6) is -0.792. The zero-order chi connectivity index (χ0) is 12.3. The first kappa shape index (κ1) is 12.3. The number of aldehydes is 1. The molecular formula is C8H4ClF2NO4. The van der Waals surface area contributed by atoms with Crippen LogP contribution in [0.4, 0.5) is 14.5 Å². The fourth-order valence-electron chi connectivity index (χ4n) is 1.04. The summed E-state index contributed by atoms with van der Waals surface area (Å²) in [6, 6.07) is 1.82. The van der Waals surface area contributed by atoms with Crippen LogP contribution in [0.2, 0.25) is 5.02 Å². The third kappa shape index (κ3) is 2.63. The van der Waals surface area contributed by atoms with E-state index in [2.05, 4.69) is 4.74 Å². The summed E-state index contributed by atoms with van der Waals surface area (Å²) >= 11 is 5.47. The Kier molecular flexibility index (Phi) is 3.73. The minimum Gasteiger partial charge on any atom is -0.427 e. The van der Waals surface area contributed by atoms with Crippen molar-refractivity contribution in [1.82, 2.24) is 0 Å². The Labute approximate surface area is 92.7 Å². The van der Waals surface area contributed by atoms with Crippen molar-refractivity contribution in [2.45, 2.75) is 6.61 Å². The quantitative estimate of drug-likeness (QED) is 0.469. The van der Waals surface area contributed by atoms with Crippen LogP contribution in [0.1, 0.15) is 10.4 Å². The van der Waals surface area contributed by atoms with Crippen molar-refractivity contribution in [3.63, 3.8) is 0 Å². The van der Waals surface area contributed by atoms with E-state index in [0.717, 1.165) is 12.1 Å². The second-order valence-corrected chi connectivity index (χ2v) is 3.03. The molecule has 0 spiro atoms. The van der Waals surface area contributed by atoms with Gasteiger partial charge in [-0.1, -0.05) is 11.6 Å². The Bertz CT molecular complexity index is 438. The van der Waals surface area contributed by atoms with Gasteiger partial charge in [0.1, 0.15) is 0 Å². The number of nitrogens with zero attached hydrogens (tertiary/aromatic N) is 1. The molecule has 5 nitrogen and oxygen atoms in total. The second kappa shape index (κ2) is 4.84. The number of alkyl halides is 2. The van der Waals surface area contributed by atoms with Crippen LogP contribution in [0, 0.1) is 10.1 Å². The van der Waals surface area contributed by atoms with E-state index in [1.807, 2.05) is 0 Å². The lowest BCUT2D eigenvalue weighted by molar-refractivity contribution is -0.386. The molecule has 16 heavy (non-hydrogen) atoms. The van der Waals surface area contributed by atoms with Crippen LogP contribution in [0.3, 0.4) is 0 Å². The van der Waals surface area contributed by atoms with Gasteiger partial charge in [0.25, 0.3) is 0 Å². The van der Waals surface area contributed by atoms with Crippen molar-refractivity contribution >= 4 is 23.6 Å².